The Kier molecular flexibility index (Phi) is 4.30. The van der Waals surface area contributed by atoms with Crippen LogP contribution in [-0.4, -0.2) is 33.4 Å². The summed E-state index contributed by atoms with van der Waals surface area (Å²) in [5, 5.41) is 16.0. The van der Waals surface area contributed by atoms with Crippen LogP contribution in [0.4, 0.5) is 0 Å². The summed E-state index contributed by atoms with van der Waals surface area (Å²) in [6.45, 7) is 2.49. The smallest absolute Gasteiger partial charge is 0.320 e. The Hall–Kier alpha value is -1.36. The average molecular weight is 211 g/mol. The number of rotatable bonds is 6. The van der Waals surface area contributed by atoms with Gasteiger partial charge >= 0.3 is 5.97 Å². The number of hydrogen-bond donors (Lipinski definition) is 2. The number of carbonyl (C=O) groups is 1. The van der Waals surface area contributed by atoms with Gasteiger partial charge < -0.3 is 10.4 Å². The quantitative estimate of drug-likeness (QED) is 0.715. The number of aryl methyl sites for hydroxylation is 1. The van der Waals surface area contributed by atoms with E-state index >= 15 is 0 Å². The predicted octanol–water partition coefficient (Wildman–Crippen LogP) is 0.415. The fourth-order valence-electron chi connectivity index (χ4n) is 1.38. The maximum atomic E-state index is 10.7. The van der Waals surface area contributed by atoms with Crippen LogP contribution in [0, 0.1) is 0 Å². The number of nitrogens with one attached hydrogen (secondary N) is 1. The molecular weight excluding hydrogens is 194 g/mol. The summed E-state index contributed by atoms with van der Waals surface area (Å²) in [4.78, 5) is 10.7. The van der Waals surface area contributed by atoms with Crippen LogP contribution in [-0.2, 0) is 18.3 Å². The van der Waals surface area contributed by atoms with Crippen molar-refractivity contribution < 1.29 is 9.90 Å². The first-order chi connectivity index (χ1) is 7.13. The topological polar surface area (TPSA) is 67.2 Å². The highest BCUT2D eigenvalue weighted by Crippen LogP contribution is 1.96. The summed E-state index contributed by atoms with van der Waals surface area (Å²) in [6, 6.07) is 1.48. The maximum Gasteiger partial charge on any atom is 0.320 e. The van der Waals surface area contributed by atoms with Gasteiger partial charge in [-0.3, -0.25) is 9.48 Å². The Morgan fingerprint density at radius 2 is 2.47 bits per heavy atom. The van der Waals surface area contributed by atoms with E-state index in [-0.39, 0.29) is 0 Å². The van der Waals surface area contributed by atoms with E-state index in [1.54, 1.807) is 4.68 Å². The molecule has 1 aromatic heterocycles. The van der Waals surface area contributed by atoms with E-state index in [0.717, 1.165) is 12.1 Å². The maximum absolute atomic E-state index is 10.7. The molecule has 0 aliphatic heterocycles. The van der Waals surface area contributed by atoms with Crippen molar-refractivity contribution in [2.45, 2.75) is 25.8 Å². The molecule has 0 saturated carbocycles. The Labute approximate surface area is 89.1 Å². The standard InChI is InChI=1S/C10H17N3O2/c1-3-9(10(14)15)11-6-4-8-5-7-13(2)12-8/h5,7,9,11H,3-4,6H2,1-2H3,(H,14,15). The Balaban J connectivity index is 2.29. The van der Waals surface area contributed by atoms with Gasteiger partial charge in [-0.15, -0.1) is 0 Å². The third kappa shape index (κ3) is 3.71. The van der Waals surface area contributed by atoms with Crippen LogP contribution in [0.5, 0.6) is 0 Å². The zero-order valence-corrected chi connectivity index (χ0v) is 9.10. The number of aromatic nitrogens is 2. The second kappa shape index (κ2) is 5.50. The summed E-state index contributed by atoms with van der Waals surface area (Å²) in [7, 11) is 1.86. The largest absolute Gasteiger partial charge is 0.480 e. The first-order valence-corrected chi connectivity index (χ1v) is 5.08. The van der Waals surface area contributed by atoms with Gasteiger partial charge in [-0.1, -0.05) is 6.92 Å². The van der Waals surface area contributed by atoms with E-state index in [0.29, 0.717) is 13.0 Å². The molecule has 5 nitrogen and oxygen atoms in total. The van der Waals surface area contributed by atoms with Gasteiger partial charge in [0.05, 0.1) is 5.69 Å². The second-order valence-electron chi connectivity index (χ2n) is 3.48. The first kappa shape index (κ1) is 11.7. The van der Waals surface area contributed by atoms with E-state index in [2.05, 4.69) is 10.4 Å². The van der Waals surface area contributed by atoms with E-state index in [4.69, 9.17) is 5.11 Å². The molecule has 15 heavy (non-hydrogen) atoms. The van der Waals surface area contributed by atoms with Gasteiger partial charge in [0.15, 0.2) is 0 Å². The van der Waals surface area contributed by atoms with E-state index in [1.807, 2.05) is 26.2 Å². The highest BCUT2D eigenvalue weighted by atomic mass is 16.4. The fourth-order valence-corrected chi connectivity index (χ4v) is 1.38. The molecular formula is C10H17N3O2. The van der Waals surface area contributed by atoms with Gasteiger partial charge in [-0.25, -0.2) is 0 Å². The number of carboxylic acid groups (broad SMARTS) is 1. The minimum Gasteiger partial charge on any atom is -0.480 e. The number of aliphatic carboxylic acids is 1. The van der Waals surface area contributed by atoms with E-state index < -0.39 is 12.0 Å². The fraction of sp³-hybridized carbons (Fsp3) is 0.600. The molecule has 1 unspecified atom stereocenters. The Morgan fingerprint density at radius 3 is 2.93 bits per heavy atom. The number of carboxylic acids is 1. The zero-order valence-electron chi connectivity index (χ0n) is 9.10. The van der Waals surface area contributed by atoms with Crippen molar-refractivity contribution in [3.63, 3.8) is 0 Å². The Morgan fingerprint density at radius 1 is 1.73 bits per heavy atom. The van der Waals surface area contributed by atoms with E-state index in [1.165, 1.54) is 0 Å². The molecule has 1 rings (SSSR count). The van der Waals surface area contributed by atoms with Gasteiger partial charge in [0.2, 0.25) is 0 Å². The predicted molar refractivity (Wildman–Crippen MR) is 56.6 cm³/mol. The monoisotopic (exact) mass is 211 g/mol. The molecule has 0 fully saturated rings. The molecule has 2 N–H and O–H groups in total. The summed E-state index contributed by atoms with van der Waals surface area (Å²) >= 11 is 0. The summed E-state index contributed by atoms with van der Waals surface area (Å²) in [5.41, 5.74) is 0.977. The van der Waals surface area contributed by atoms with Crippen LogP contribution in [0.2, 0.25) is 0 Å². The lowest BCUT2D eigenvalue weighted by molar-refractivity contribution is -0.139. The average Bonchev–Trinajstić information content (AvgIpc) is 2.58. The molecule has 84 valence electrons. The molecule has 0 amide bonds. The Bertz CT molecular complexity index is 322. The van der Waals surface area contributed by atoms with Crippen LogP contribution in [0.25, 0.3) is 0 Å². The van der Waals surface area contributed by atoms with Crippen molar-refractivity contribution in [1.29, 1.82) is 0 Å². The van der Waals surface area contributed by atoms with E-state index in [9.17, 15) is 4.79 Å². The number of hydrogen-bond acceptors (Lipinski definition) is 3. The number of nitrogens with zero attached hydrogens (tertiary/aromatic N) is 2. The van der Waals surface area contributed by atoms with Gasteiger partial charge in [-0.2, -0.15) is 5.10 Å². The summed E-state index contributed by atoms with van der Waals surface area (Å²) < 4.78 is 1.74. The molecule has 0 saturated heterocycles. The van der Waals surface area contributed by atoms with Crippen LogP contribution < -0.4 is 5.32 Å². The molecule has 0 spiro atoms. The van der Waals surface area contributed by atoms with Gasteiger partial charge in [0.1, 0.15) is 6.04 Å². The summed E-state index contributed by atoms with van der Waals surface area (Å²) in [6.07, 6.45) is 3.23. The van der Waals surface area contributed by atoms with Crippen LogP contribution in [0.3, 0.4) is 0 Å². The van der Waals surface area contributed by atoms with Crippen molar-refractivity contribution in [1.82, 2.24) is 15.1 Å². The van der Waals surface area contributed by atoms with Crippen molar-refractivity contribution >= 4 is 5.97 Å². The van der Waals surface area contributed by atoms with Crippen molar-refractivity contribution in [3.8, 4) is 0 Å². The molecule has 0 aliphatic rings. The molecule has 1 aromatic rings. The highest BCUT2D eigenvalue weighted by Gasteiger charge is 2.13. The lowest BCUT2D eigenvalue weighted by Crippen LogP contribution is -2.37. The van der Waals surface area contributed by atoms with Crippen LogP contribution in [0.15, 0.2) is 12.3 Å². The normalized spacial score (nSPS) is 12.7. The molecule has 5 heteroatoms. The van der Waals surface area contributed by atoms with Crippen LogP contribution in [0.1, 0.15) is 19.0 Å². The molecule has 0 bridgehead atoms. The highest BCUT2D eigenvalue weighted by molar-refractivity contribution is 5.73. The van der Waals surface area contributed by atoms with Crippen molar-refractivity contribution in [3.05, 3.63) is 18.0 Å². The van der Waals surface area contributed by atoms with Crippen LogP contribution >= 0.6 is 0 Å². The minimum atomic E-state index is -0.793. The lowest BCUT2D eigenvalue weighted by Gasteiger charge is -2.10. The first-order valence-electron chi connectivity index (χ1n) is 5.08. The zero-order chi connectivity index (χ0) is 11.3. The molecule has 0 aliphatic carbocycles. The van der Waals surface area contributed by atoms with Crippen molar-refractivity contribution in [2.75, 3.05) is 6.54 Å². The second-order valence-corrected chi connectivity index (χ2v) is 3.48. The van der Waals surface area contributed by atoms with Gasteiger partial charge in [0.25, 0.3) is 0 Å². The molecule has 0 aromatic carbocycles. The lowest BCUT2D eigenvalue weighted by atomic mass is 10.2. The SMILES string of the molecule is CCC(NCCc1ccn(C)n1)C(=O)O. The minimum absolute atomic E-state index is 0.450. The van der Waals surface area contributed by atoms with Gasteiger partial charge in [-0.05, 0) is 12.5 Å². The molecule has 0 radical (unpaired) electrons. The third-order valence-corrected chi connectivity index (χ3v) is 2.25. The molecule has 1 atom stereocenters. The van der Waals surface area contributed by atoms with Gasteiger partial charge in [0, 0.05) is 26.2 Å². The summed E-state index contributed by atoms with van der Waals surface area (Å²) in [5.74, 6) is -0.793. The third-order valence-electron chi connectivity index (χ3n) is 2.25. The molecule has 1 heterocycles. The van der Waals surface area contributed by atoms with Crippen molar-refractivity contribution in [2.24, 2.45) is 7.05 Å².